The largest absolute Gasteiger partial charge is 0.506 e. The third-order valence-corrected chi connectivity index (χ3v) is 9.31. The molecule has 0 heterocycles. The van der Waals surface area contributed by atoms with Crippen molar-refractivity contribution < 1.29 is 19.5 Å². The molecule has 50 heavy (non-hydrogen) atoms. The fourth-order valence-electron chi connectivity index (χ4n) is 5.45. The van der Waals surface area contributed by atoms with Gasteiger partial charge in [-0.15, -0.1) is 0 Å². The zero-order valence-corrected chi connectivity index (χ0v) is 30.7. The molecule has 0 fully saturated rings. The third kappa shape index (κ3) is 13.1. The number of carbonyl (C=O) groups is 1. The Morgan fingerprint density at radius 2 is 1.50 bits per heavy atom. The van der Waals surface area contributed by atoms with Crippen LogP contribution in [0.2, 0.25) is 5.02 Å². The number of anilines is 3. The molecule has 3 aromatic carbocycles. The number of phenolic OH excluding ortho intramolecular Hbond substituents is 1. The molecule has 2 amide bonds. The number of ether oxygens (including phenoxy) is 1. The van der Waals surface area contributed by atoms with Crippen molar-refractivity contribution >= 4 is 34.7 Å². The molecule has 0 aliphatic heterocycles. The van der Waals surface area contributed by atoms with E-state index in [-0.39, 0.29) is 40.7 Å². The summed E-state index contributed by atoms with van der Waals surface area (Å²) in [5.41, 5.74) is 5.40. The molecule has 0 bridgehead atoms. The highest BCUT2D eigenvalue weighted by molar-refractivity contribution is 6.32. The average Bonchev–Trinajstić information content (AvgIpc) is 3.10. The Balaban J connectivity index is 1.57. The second-order valence-electron chi connectivity index (χ2n) is 13.3. The van der Waals surface area contributed by atoms with Gasteiger partial charge in [-0.25, -0.2) is 4.79 Å². The molecule has 268 valence electrons. The van der Waals surface area contributed by atoms with Gasteiger partial charge in [0, 0.05) is 11.8 Å². The number of hydrogen-bond acceptors (Lipinski definition) is 7. The van der Waals surface area contributed by atoms with Crippen LogP contribution in [0.4, 0.5) is 21.9 Å². The summed E-state index contributed by atoms with van der Waals surface area (Å²) in [6, 6.07) is 18.3. The van der Waals surface area contributed by atoms with Crippen molar-refractivity contribution in [1.82, 2.24) is 0 Å². The van der Waals surface area contributed by atoms with Crippen LogP contribution in [0.3, 0.4) is 0 Å². The lowest BCUT2D eigenvalue weighted by Gasteiger charge is -2.26. The van der Waals surface area contributed by atoms with Gasteiger partial charge in [-0.3, -0.25) is 10.3 Å². The molecule has 0 radical (unpaired) electrons. The molecule has 0 aromatic heterocycles. The first kappa shape index (κ1) is 40.0. The van der Waals surface area contributed by atoms with Gasteiger partial charge in [0.05, 0.1) is 27.5 Å². The van der Waals surface area contributed by atoms with Crippen LogP contribution >= 0.6 is 11.6 Å². The first-order valence-corrected chi connectivity index (χ1v) is 18.2. The number of hydrogen-bond donors (Lipinski definition) is 4. The van der Waals surface area contributed by atoms with Crippen LogP contribution in [0.5, 0.6) is 11.5 Å². The van der Waals surface area contributed by atoms with E-state index >= 15 is 0 Å². The van der Waals surface area contributed by atoms with E-state index in [0.29, 0.717) is 22.1 Å². The molecule has 3 rings (SSSR count). The molecular formula is C40H52ClN5O4. The molecule has 9 nitrogen and oxygen atoms in total. The maximum absolute atomic E-state index is 12.6. The molecule has 10 heteroatoms. The highest BCUT2D eigenvalue weighted by atomic mass is 35.5. The van der Waals surface area contributed by atoms with Gasteiger partial charge in [-0.1, -0.05) is 103 Å². The molecule has 3 aromatic rings. The van der Waals surface area contributed by atoms with Crippen LogP contribution in [0.15, 0.2) is 54.6 Å². The van der Waals surface area contributed by atoms with Crippen molar-refractivity contribution in [3.8, 4) is 23.6 Å². The van der Waals surface area contributed by atoms with E-state index in [1.807, 2.05) is 24.3 Å². The molecule has 0 aliphatic carbocycles. The predicted molar refractivity (Wildman–Crippen MR) is 202 cm³/mol. The number of unbranched alkanes of at least 4 members (excludes halogenated alkanes) is 9. The number of aromatic hydroxyl groups is 1. The Morgan fingerprint density at radius 3 is 2.14 bits per heavy atom. The second-order valence-corrected chi connectivity index (χ2v) is 13.7. The van der Waals surface area contributed by atoms with Gasteiger partial charge in [0.2, 0.25) is 0 Å². The van der Waals surface area contributed by atoms with Crippen LogP contribution in [-0.4, -0.2) is 23.8 Å². The molecule has 1 atom stereocenters. The minimum atomic E-state index is -0.622. The number of amides is 2. The summed E-state index contributed by atoms with van der Waals surface area (Å²) in [5, 5.41) is 34.7. The fourth-order valence-corrected chi connectivity index (χ4v) is 5.61. The number of nitriles is 2. The molecule has 0 aliphatic rings. The summed E-state index contributed by atoms with van der Waals surface area (Å²) >= 11 is 6.60. The lowest BCUT2D eigenvalue weighted by molar-refractivity contribution is 0.0723. The van der Waals surface area contributed by atoms with Crippen LogP contribution in [0.1, 0.15) is 121 Å². The van der Waals surface area contributed by atoms with Crippen molar-refractivity contribution in [2.45, 2.75) is 116 Å². The van der Waals surface area contributed by atoms with Crippen molar-refractivity contribution in [3.63, 3.8) is 0 Å². The molecular weight excluding hydrogens is 650 g/mol. The van der Waals surface area contributed by atoms with E-state index in [0.717, 1.165) is 31.2 Å². The molecule has 4 N–H and O–H groups in total. The Kier molecular flexibility index (Phi) is 16.7. The summed E-state index contributed by atoms with van der Waals surface area (Å²) in [6.07, 6.45) is 14.0. The highest BCUT2D eigenvalue weighted by Crippen LogP contribution is 2.34. The first-order chi connectivity index (χ1) is 24.1. The van der Waals surface area contributed by atoms with E-state index in [9.17, 15) is 15.2 Å². The normalized spacial score (nSPS) is 11.7. The van der Waals surface area contributed by atoms with Gasteiger partial charge < -0.3 is 20.5 Å². The molecule has 0 saturated heterocycles. The Bertz CT molecular complexity index is 1610. The number of halogens is 1. The van der Waals surface area contributed by atoms with E-state index in [1.54, 1.807) is 12.1 Å². The smallest absolute Gasteiger partial charge is 0.323 e. The quantitative estimate of drug-likeness (QED) is 0.0492. The SMILES string of the molecule is CCCCCCCCCCCCC(CONc1ccc(NC(=O)Nc2ccc(C#N)c(C#N)c2)c(O)c1)Oc1cc(C(C)(C)CC)ccc1Cl. The maximum Gasteiger partial charge on any atom is 0.323 e. The zero-order valence-electron chi connectivity index (χ0n) is 29.9. The van der Waals surface area contributed by atoms with Crippen LogP contribution < -0.4 is 20.9 Å². The number of carbonyl (C=O) groups excluding carboxylic acids is 1. The van der Waals surface area contributed by atoms with E-state index in [4.69, 9.17) is 26.4 Å². The first-order valence-electron chi connectivity index (χ1n) is 17.8. The minimum absolute atomic E-state index is 0.0128. The van der Waals surface area contributed by atoms with Gasteiger partial charge in [-0.2, -0.15) is 10.5 Å². The van der Waals surface area contributed by atoms with Crippen LogP contribution in [-0.2, 0) is 10.3 Å². The highest BCUT2D eigenvalue weighted by Gasteiger charge is 2.21. The summed E-state index contributed by atoms with van der Waals surface area (Å²) in [6.45, 7) is 9.07. The van der Waals surface area contributed by atoms with Crippen molar-refractivity contribution in [2.75, 3.05) is 22.7 Å². The zero-order chi connectivity index (χ0) is 36.4. The fraction of sp³-hybridized carbons (Fsp3) is 0.475. The monoisotopic (exact) mass is 701 g/mol. The number of phenols is 1. The summed E-state index contributed by atoms with van der Waals surface area (Å²) in [4.78, 5) is 18.4. The average molecular weight is 702 g/mol. The number of nitrogens with one attached hydrogen (secondary N) is 3. The number of benzene rings is 3. The van der Waals surface area contributed by atoms with E-state index in [2.05, 4.69) is 49.9 Å². The number of nitrogens with zero attached hydrogens (tertiary/aromatic N) is 2. The van der Waals surface area contributed by atoms with Crippen molar-refractivity contribution in [1.29, 1.82) is 10.5 Å². The van der Waals surface area contributed by atoms with Gasteiger partial charge >= 0.3 is 6.03 Å². The van der Waals surface area contributed by atoms with Crippen molar-refractivity contribution in [3.05, 3.63) is 76.3 Å². The summed E-state index contributed by atoms with van der Waals surface area (Å²) in [7, 11) is 0. The van der Waals surface area contributed by atoms with Gasteiger partial charge in [0.25, 0.3) is 0 Å². The lowest BCUT2D eigenvalue weighted by atomic mass is 9.82. The van der Waals surface area contributed by atoms with Gasteiger partial charge in [0.1, 0.15) is 36.3 Å². The molecule has 0 saturated carbocycles. The van der Waals surface area contributed by atoms with E-state index in [1.165, 1.54) is 75.6 Å². The molecule has 0 spiro atoms. The number of urea groups is 1. The molecule has 1 unspecified atom stereocenters. The Labute approximate surface area is 302 Å². The second kappa shape index (κ2) is 20.9. The summed E-state index contributed by atoms with van der Waals surface area (Å²) in [5.74, 6) is 0.467. The van der Waals surface area contributed by atoms with Gasteiger partial charge in [0.15, 0.2) is 0 Å². The number of rotatable bonds is 21. The third-order valence-electron chi connectivity index (χ3n) is 8.99. The standard InChI is InChI=1S/C40H52ClN5O4/c1-5-7-8-9-10-11-12-13-14-15-16-34(50-38-24-31(18-21-35(38)41)40(3,4)6-2)28-49-46-33-20-22-36(37(47)25-33)45-39(48)44-32-19-17-29(26-42)30(23-32)27-43/h17-25,34,46-47H,5-16,28H2,1-4H3,(H2,44,45,48). The Hall–Kier alpha value is -4.44. The van der Waals surface area contributed by atoms with Gasteiger partial charge in [-0.05, 0) is 72.7 Å². The lowest BCUT2D eigenvalue weighted by Crippen LogP contribution is -2.25. The van der Waals surface area contributed by atoms with Crippen LogP contribution in [0, 0.1) is 22.7 Å². The minimum Gasteiger partial charge on any atom is -0.506 e. The topological polar surface area (TPSA) is 139 Å². The van der Waals surface area contributed by atoms with Crippen molar-refractivity contribution in [2.24, 2.45) is 0 Å². The maximum atomic E-state index is 12.6. The summed E-state index contributed by atoms with van der Waals surface area (Å²) < 4.78 is 6.47. The predicted octanol–water partition coefficient (Wildman–Crippen LogP) is 11.2. The van der Waals surface area contributed by atoms with E-state index < -0.39 is 6.03 Å². The van der Waals surface area contributed by atoms with Crippen LogP contribution in [0.25, 0.3) is 0 Å². The Morgan fingerprint density at radius 1 is 0.840 bits per heavy atom.